The molecule has 2 atom stereocenters. The zero-order chi connectivity index (χ0) is 20.8. The molecule has 3 aromatic rings. The van der Waals surface area contributed by atoms with Crippen molar-refractivity contribution in [3.8, 4) is 11.1 Å². The van der Waals surface area contributed by atoms with Crippen LogP contribution in [-0.4, -0.2) is 28.1 Å². The first-order chi connectivity index (χ1) is 14.5. The van der Waals surface area contributed by atoms with Gasteiger partial charge in [-0.3, -0.25) is 4.79 Å². The number of carbonyl (C=O) groups excluding carboxylic acids is 1. The number of rotatable bonds is 4. The van der Waals surface area contributed by atoms with Crippen molar-refractivity contribution in [2.24, 2.45) is 5.92 Å². The van der Waals surface area contributed by atoms with Gasteiger partial charge in [-0.1, -0.05) is 55.5 Å². The number of nitrogens with zero attached hydrogens (tertiary/aromatic N) is 1. The third kappa shape index (κ3) is 3.32. The number of carbonyl (C=O) groups is 1. The van der Waals surface area contributed by atoms with Crippen LogP contribution in [0.4, 0.5) is 5.69 Å². The number of fused-ring (bicyclic) bond motifs is 1. The largest absolute Gasteiger partial charge is 0.397 e. The molecule has 2 unspecified atom stereocenters. The summed E-state index contributed by atoms with van der Waals surface area (Å²) in [6, 6.07) is 12.2. The van der Waals surface area contributed by atoms with E-state index in [1.165, 1.54) is 11.3 Å². The summed E-state index contributed by atoms with van der Waals surface area (Å²) < 4.78 is 0. The smallest absolute Gasteiger partial charge is 0.263 e. The number of nitrogens with one attached hydrogen (secondary N) is 1. The van der Waals surface area contributed by atoms with Crippen molar-refractivity contribution in [2.75, 3.05) is 5.73 Å². The molecule has 30 heavy (non-hydrogen) atoms. The quantitative estimate of drug-likeness (QED) is 0.587. The number of anilines is 1. The Kier molecular flexibility index (Phi) is 4.68. The lowest BCUT2D eigenvalue weighted by Gasteiger charge is -2.22. The number of pyridine rings is 1. The Morgan fingerprint density at radius 1 is 1.27 bits per heavy atom. The molecule has 1 saturated carbocycles. The number of thiophene rings is 1. The van der Waals surface area contributed by atoms with E-state index in [0.717, 1.165) is 34.9 Å². The fourth-order valence-corrected chi connectivity index (χ4v) is 4.84. The van der Waals surface area contributed by atoms with Gasteiger partial charge in [0.15, 0.2) is 0 Å². The zero-order valence-corrected chi connectivity index (χ0v) is 17.4. The van der Waals surface area contributed by atoms with Crippen molar-refractivity contribution in [2.45, 2.75) is 31.9 Å². The molecule has 0 aliphatic heterocycles. The number of aromatic nitrogens is 1. The summed E-state index contributed by atoms with van der Waals surface area (Å²) in [7, 11) is 0. The monoisotopic (exact) mass is 417 g/mol. The molecule has 0 spiro atoms. The van der Waals surface area contributed by atoms with Gasteiger partial charge in [-0.05, 0) is 30.0 Å². The molecule has 0 saturated heterocycles. The van der Waals surface area contributed by atoms with E-state index in [4.69, 9.17) is 10.7 Å². The average Bonchev–Trinajstić information content (AvgIpc) is 3.51. The van der Waals surface area contributed by atoms with Crippen molar-refractivity contribution in [1.29, 1.82) is 0 Å². The summed E-state index contributed by atoms with van der Waals surface area (Å²) in [4.78, 5) is 18.8. The van der Waals surface area contributed by atoms with E-state index in [0.29, 0.717) is 21.1 Å². The van der Waals surface area contributed by atoms with Crippen LogP contribution < -0.4 is 11.1 Å². The molecule has 2 heterocycles. The molecule has 1 amide bonds. The highest BCUT2D eigenvalue weighted by molar-refractivity contribution is 7.21. The molecule has 1 fully saturated rings. The van der Waals surface area contributed by atoms with Crippen molar-refractivity contribution in [1.82, 2.24) is 10.3 Å². The lowest BCUT2D eigenvalue weighted by molar-refractivity contribution is 0.0956. The molecular weight excluding hydrogens is 394 g/mol. The van der Waals surface area contributed by atoms with Gasteiger partial charge in [0, 0.05) is 22.9 Å². The molecular formula is C24H23N3O2S. The van der Waals surface area contributed by atoms with E-state index in [1.807, 2.05) is 61.5 Å². The molecule has 0 radical (unpaired) electrons. The van der Waals surface area contributed by atoms with Gasteiger partial charge in [-0.2, -0.15) is 0 Å². The third-order valence-corrected chi connectivity index (χ3v) is 6.80. The van der Waals surface area contributed by atoms with E-state index in [2.05, 4.69) is 5.32 Å². The minimum Gasteiger partial charge on any atom is -0.397 e. The van der Waals surface area contributed by atoms with Crippen LogP contribution in [0.25, 0.3) is 26.9 Å². The van der Waals surface area contributed by atoms with Gasteiger partial charge >= 0.3 is 0 Å². The summed E-state index contributed by atoms with van der Waals surface area (Å²) in [5.41, 5.74) is 10.4. The Labute approximate surface area is 178 Å². The Morgan fingerprint density at radius 3 is 2.77 bits per heavy atom. The average molecular weight is 418 g/mol. The van der Waals surface area contributed by atoms with E-state index >= 15 is 0 Å². The lowest BCUT2D eigenvalue weighted by Crippen LogP contribution is -2.25. The van der Waals surface area contributed by atoms with Crippen molar-refractivity contribution < 1.29 is 9.90 Å². The number of aliphatic hydroxyl groups is 1. The van der Waals surface area contributed by atoms with E-state index in [-0.39, 0.29) is 17.9 Å². The van der Waals surface area contributed by atoms with Crippen molar-refractivity contribution in [3.63, 3.8) is 0 Å². The number of nitrogens with two attached hydrogens (primary N) is 1. The first-order valence-corrected chi connectivity index (χ1v) is 11.0. The number of hydrogen-bond acceptors (Lipinski definition) is 5. The van der Waals surface area contributed by atoms with E-state index in [1.54, 1.807) is 0 Å². The first-order valence-electron chi connectivity index (χ1n) is 10.2. The van der Waals surface area contributed by atoms with Gasteiger partial charge in [0.25, 0.3) is 5.91 Å². The maximum Gasteiger partial charge on any atom is 0.263 e. The summed E-state index contributed by atoms with van der Waals surface area (Å²) in [5.74, 6) is -0.122. The lowest BCUT2D eigenvalue weighted by atomic mass is 9.89. The Morgan fingerprint density at radius 2 is 2.03 bits per heavy atom. The van der Waals surface area contributed by atoms with E-state index in [9.17, 15) is 9.90 Å². The summed E-state index contributed by atoms with van der Waals surface area (Å²) in [6.45, 7) is 1.98. The maximum absolute atomic E-state index is 12.7. The predicted octanol–water partition coefficient (Wildman–Crippen LogP) is 4.39. The number of hydrogen-bond donors (Lipinski definition) is 3. The van der Waals surface area contributed by atoms with Gasteiger partial charge in [-0.15, -0.1) is 11.3 Å². The van der Waals surface area contributed by atoms with Crippen molar-refractivity contribution in [3.05, 3.63) is 65.2 Å². The van der Waals surface area contributed by atoms with Crippen LogP contribution in [0.1, 0.15) is 35.1 Å². The zero-order valence-electron chi connectivity index (χ0n) is 16.6. The third-order valence-electron chi connectivity index (χ3n) is 5.71. The van der Waals surface area contributed by atoms with E-state index < -0.39 is 6.10 Å². The number of allylic oxidation sites excluding steroid dienone is 2. The highest BCUT2D eigenvalue weighted by atomic mass is 32.1. The predicted molar refractivity (Wildman–Crippen MR) is 122 cm³/mol. The normalized spacial score (nSPS) is 20.9. The van der Waals surface area contributed by atoms with Gasteiger partial charge in [0.1, 0.15) is 9.71 Å². The van der Waals surface area contributed by atoms with Gasteiger partial charge in [-0.25, -0.2) is 4.98 Å². The number of benzene rings is 1. The topological polar surface area (TPSA) is 88.2 Å². The Balaban J connectivity index is 1.71. The highest BCUT2D eigenvalue weighted by Crippen LogP contribution is 2.41. The highest BCUT2D eigenvalue weighted by Gasteiger charge is 2.28. The van der Waals surface area contributed by atoms with Gasteiger partial charge in [0.2, 0.25) is 0 Å². The van der Waals surface area contributed by atoms with Crippen LogP contribution in [-0.2, 0) is 0 Å². The minimum atomic E-state index is -0.626. The van der Waals surface area contributed by atoms with Crippen LogP contribution in [0.15, 0.2) is 54.6 Å². The number of aliphatic hydroxyl groups excluding tert-OH is 1. The molecule has 6 heteroatoms. The fourth-order valence-electron chi connectivity index (χ4n) is 3.82. The second-order valence-corrected chi connectivity index (χ2v) is 9.00. The van der Waals surface area contributed by atoms with Gasteiger partial charge in [0.05, 0.1) is 17.5 Å². The molecule has 2 aliphatic rings. The molecule has 1 aromatic carbocycles. The van der Waals surface area contributed by atoms with Crippen LogP contribution in [0.2, 0.25) is 0 Å². The SMILES string of the molecule is CC1C=CC=C(c2cc(-c3ccccc3)c3c(N)c(C(=O)NC4CC4)sc3n2)C1O. The van der Waals surface area contributed by atoms with Crippen molar-refractivity contribution >= 4 is 38.7 Å². The van der Waals surface area contributed by atoms with Crippen LogP contribution in [0.3, 0.4) is 0 Å². The molecule has 2 aliphatic carbocycles. The molecule has 152 valence electrons. The molecule has 4 N–H and O–H groups in total. The fraction of sp³-hybridized carbons (Fsp3) is 0.250. The number of nitrogen functional groups attached to an aromatic ring is 1. The second-order valence-electron chi connectivity index (χ2n) is 8.00. The minimum absolute atomic E-state index is 0.0101. The molecule has 5 rings (SSSR count). The molecule has 5 nitrogen and oxygen atoms in total. The maximum atomic E-state index is 12.7. The summed E-state index contributed by atoms with van der Waals surface area (Å²) >= 11 is 1.32. The standard InChI is InChI=1S/C24H23N3O2S/c1-13-6-5-9-16(21(13)28)18-12-17(14-7-3-2-4-8-14)19-20(25)22(30-24(19)27-18)23(29)26-15-10-11-15/h2-9,12-13,15,21,28H,10-11,25H2,1H3,(H,26,29). The first kappa shape index (κ1) is 19.0. The van der Waals surface area contributed by atoms with Crippen LogP contribution >= 0.6 is 11.3 Å². The second kappa shape index (κ2) is 7.38. The van der Waals surface area contributed by atoms with Crippen LogP contribution in [0, 0.1) is 5.92 Å². The Hall–Kier alpha value is -2.96. The van der Waals surface area contributed by atoms with Gasteiger partial charge < -0.3 is 16.2 Å². The van der Waals surface area contributed by atoms with Crippen LogP contribution in [0.5, 0.6) is 0 Å². The molecule has 0 bridgehead atoms. The number of amides is 1. The molecule has 2 aromatic heterocycles. The Bertz CT molecular complexity index is 1190. The summed E-state index contributed by atoms with van der Waals surface area (Å²) in [6.07, 6.45) is 7.26. The summed E-state index contributed by atoms with van der Waals surface area (Å²) in [5, 5.41) is 14.6.